The molecule has 1 N–H and O–H groups in total. The zero-order valence-electron chi connectivity index (χ0n) is 14.7. The first-order valence-corrected chi connectivity index (χ1v) is 8.46. The van der Waals surface area contributed by atoms with E-state index in [9.17, 15) is 4.79 Å². The second kappa shape index (κ2) is 7.21. The Bertz CT molecular complexity index is 1060. The molecule has 0 spiro atoms. The lowest BCUT2D eigenvalue weighted by molar-refractivity contribution is 0.101. The Hall–Kier alpha value is -3.80. The monoisotopic (exact) mass is 355 g/mol. The van der Waals surface area contributed by atoms with E-state index in [1.54, 1.807) is 41.5 Å². The molecule has 6 nitrogen and oxygen atoms in total. The van der Waals surface area contributed by atoms with Crippen LogP contribution in [-0.2, 0) is 7.05 Å². The van der Waals surface area contributed by atoms with Gasteiger partial charge in [0.05, 0.1) is 11.9 Å². The van der Waals surface area contributed by atoms with Gasteiger partial charge >= 0.3 is 0 Å². The van der Waals surface area contributed by atoms with E-state index >= 15 is 0 Å². The summed E-state index contributed by atoms with van der Waals surface area (Å²) in [6, 6.07) is 15.2. The lowest BCUT2D eigenvalue weighted by atomic mass is 10.1. The van der Waals surface area contributed by atoms with Gasteiger partial charge in [0.15, 0.2) is 5.82 Å². The number of anilines is 1. The molecule has 3 aromatic heterocycles. The molecule has 0 saturated carbocycles. The molecular weight excluding hydrogens is 338 g/mol. The molecule has 0 saturated heterocycles. The van der Waals surface area contributed by atoms with Gasteiger partial charge < -0.3 is 9.88 Å². The van der Waals surface area contributed by atoms with Crippen LogP contribution in [0.1, 0.15) is 10.5 Å². The Kier molecular flexibility index (Phi) is 4.45. The van der Waals surface area contributed by atoms with Crippen molar-refractivity contribution >= 4 is 11.6 Å². The third-order valence-electron chi connectivity index (χ3n) is 4.17. The van der Waals surface area contributed by atoms with Crippen molar-refractivity contribution in [2.75, 3.05) is 5.32 Å². The maximum atomic E-state index is 12.5. The highest BCUT2D eigenvalue weighted by Gasteiger charge is 2.14. The second-order valence-corrected chi connectivity index (χ2v) is 6.08. The summed E-state index contributed by atoms with van der Waals surface area (Å²) in [5.41, 5.74) is 3.90. The minimum atomic E-state index is -0.196. The molecule has 0 unspecified atom stereocenters. The number of hydrogen-bond donors (Lipinski definition) is 1. The van der Waals surface area contributed by atoms with Crippen LogP contribution in [0.2, 0.25) is 0 Å². The maximum Gasteiger partial charge on any atom is 0.272 e. The number of aromatic nitrogens is 4. The molecule has 1 aromatic carbocycles. The minimum absolute atomic E-state index is 0.196. The second-order valence-electron chi connectivity index (χ2n) is 6.08. The van der Waals surface area contributed by atoms with Crippen LogP contribution >= 0.6 is 0 Å². The Balaban J connectivity index is 1.57. The summed E-state index contributed by atoms with van der Waals surface area (Å²) >= 11 is 0. The summed E-state index contributed by atoms with van der Waals surface area (Å²) in [5.74, 6) is 0.475. The molecule has 27 heavy (non-hydrogen) atoms. The predicted molar refractivity (Wildman–Crippen MR) is 104 cm³/mol. The fourth-order valence-corrected chi connectivity index (χ4v) is 2.79. The molecule has 0 radical (unpaired) electrons. The van der Waals surface area contributed by atoms with Crippen LogP contribution in [0, 0.1) is 0 Å². The highest BCUT2D eigenvalue weighted by molar-refractivity contribution is 6.04. The predicted octanol–water partition coefficient (Wildman–Crippen LogP) is 3.80. The number of benzene rings is 1. The lowest BCUT2D eigenvalue weighted by Gasteiger charge is -2.04. The van der Waals surface area contributed by atoms with Crippen LogP contribution in [0.4, 0.5) is 5.69 Å². The van der Waals surface area contributed by atoms with Gasteiger partial charge in [-0.15, -0.1) is 0 Å². The highest BCUT2D eigenvalue weighted by Crippen LogP contribution is 2.23. The van der Waals surface area contributed by atoms with E-state index in [2.05, 4.69) is 20.3 Å². The molecule has 0 aliphatic rings. The number of aryl methyl sites for hydroxylation is 1. The number of pyridine rings is 1. The van der Waals surface area contributed by atoms with Gasteiger partial charge in [0.1, 0.15) is 5.69 Å². The van der Waals surface area contributed by atoms with Gasteiger partial charge in [0.2, 0.25) is 0 Å². The summed E-state index contributed by atoms with van der Waals surface area (Å²) in [6.45, 7) is 0. The average molecular weight is 355 g/mol. The van der Waals surface area contributed by atoms with Crippen LogP contribution in [-0.4, -0.2) is 25.4 Å². The van der Waals surface area contributed by atoms with E-state index in [-0.39, 0.29) is 5.91 Å². The van der Waals surface area contributed by atoms with Crippen molar-refractivity contribution in [3.63, 3.8) is 0 Å². The number of hydrogen-bond acceptors (Lipinski definition) is 4. The fraction of sp³-hybridized carbons (Fsp3) is 0.0476. The Labute approximate surface area is 156 Å². The molecular formula is C21H17N5O. The number of nitrogens with zero attached hydrogens (tertiary/aromatic N) is 4. The Morgan fingerprint density at radius 1 is 0.926 bits per heavy atom. The van der Waals surface area contributed by atoms with E-state index < -0.39 is 0 Å². The summed E-state index contributed by atoms with van der Waals surface area (Å²) < 4.78 is 1.78. The normalized spacial score (nSPS) is 10.6. The van der Waals surface area contributed by atoms with Crippen molar-refractivity contribution in [2.45, 2.75) is 0 Å². The molecule has 132 valence electrons. The smallest absolute Gasteiger partial charge is 0.272 e. The fourth-order valence-electron chi connectivity index (χ4n) is 2.79. The molecule has 0 bridgehead atoms. The topological polar surface area (TPSA) is 72.7 Å². The van der Waals surface area contributed by atoms with Crippen molar-refractivity contribution in [2.24, 2.45) is 7.05 Å². The van der Waals surface area contributed by atoms with Crippen molar-refractivity contribution in [1.82, 2.24) is 19.5 Å². The van der Waals surface area contributed by atoms with Gasteiger partial charge in [-0.3, -0.25) is 9.78 Å². The molecule has 1 amide bonds. The van der Waals surface area contributed by atoms with E-state index in [0.717, 1.165) is 16.7 Å². The van der Waals surface area contributed by atoms with Crippen LogP contribution < -0.4 is 5.32 Å². The first-order chi connectivity index (χ1) is 13.2. The molecule has 0 aliphatic carbocycles. The van der Waals surface area contributed by atoms with E-state index in [4.69, 9.17) is 0 Å². The van der Waals surface area contributed by atoms with E-state index in [1.165, 1.54) is 0 Å². The lowest BCUT2D eigenvalue weighted by Crippen LogP contribution is -2.15. The van der Waals surface area contributed by atoms with Crippen molar-refractivity contribution in [3.8, 4) is 22.5 Å². The van der Waals surface area contributed by atoms with Crippen LogP contribution in [0.3, 0.4) is 0 Å². The van der Waals surface area contributed by atoms with Crippen molar-refractivity contribution in [3.05, 3.63) is 85.2 Å². The summed E-state index contributed by atoms with van der Waals surface area (Å²) in [5, 5.41) is 2.84. The molecule has 6 heteroatoms. The SMILES string of the molecule is Cn1cc(-c2cnc(-c3ccccc3)nc2)cc1C(=O)Nc1cccnc1. The molecule has 3 heterocycles. The first-order valence-electron chi connectivity index (χ1n) is 8.46. The Morgan fingerprint density at radius 2 is 1.70 bits per heavy atom. The summed E-state index contributed by atoms with van der Waals surface area (Å²) in [7, 11) is 1.83. The van der Waals surface area contributed by atoms with Gasteiger partial charge in [0.25, 0.3) is 5.91 Å². The standard InChI is InChI=1S/C21H17N5O/c1-26-14-16(10-19(26)21(27)25-18-8-5-9-22-13-18)17-11-23-20(24-12-17)15-6-3-2-4-7-15/h2-14H,1H3,(H,25,27). The largest absolute Gasteiger partial charge is 0.346 e. The minimum Gasteiger partial charge on any atom is -0.346 e. The van der Waals surface area contributed by atoms with Crippen LogP contribution in [0.5, 0.6) is 0 Å². The van der Waals surface area contributed by atoms with Crippen LogP contribution in [0.15, 0.2) is 79.5 Å². The maximum absolute atomic E-state index is 12.5. The number of carbonyl (C=O) groups is 1. The first kappa shape index (κ1) is 16.7. The zero-order chi connectivity index (χ0) is 18.6. The number of amides is 1. The van der Waals surface area contributed by atoms with Crippen molar-refractivity contribution in [1.29, 1.82) is 0 Å². The van der Waals surface area contributed by atoms with Crippen LogP contribution in [0.25, 0.3) is 22.5 Å². The van der Waals surface area contributed by atoms with Gasteiger partial charge in [-0.05, 0) is 18.2 Å². The van der Waals surface area contributed by atoms with Gasteiger partial charge in [-0.25, -0.2) is 9.97 Å². The molecule has 4 aromatic rings. The average Bonchev–Trinajstić information content (AvgIpc) is 3.11. The molecule has 0 fully saturated rings. The van der Waals surface area contributed by atoms with Gasteiger partial charge in [-0.1, -0.05) is 30.3 Å². The summed E-state index contributed by atoms with van der Waals surface area (Å²) in [6.07, 6.45) is 8.70. The van der Waals surface area contributed by atoms with Crippen molar-refractivity contribution < 1.29 is 4.79 Å². The number of carbonyl (C=O) groups excluding carboxylic acids is 1. The van der Waals surface area contributed by atoms with Gasteiger partial charge in [-0.2, -0.15) is 0 Å². The summed E-state index contributed by atoms with van der Waals surface area (Å²) in [4.78, 5) is 25.4. The van der Waals surface area contributed by atoms with Gasteiger partial charge in [0, 0.05) is 48.5 Å². The number of nitrogens with one attached hydrogen (secondary N) is 1. The zero-order valence-corrected chi connectivity index (χ0v) is 14.7. The highest BCUT2D eigenvalue weighted by atomic mass is 16.1. The quantitative estimate of drug-likeness (QED) is 0.604. The van der Waals surface area contributed by atoms with E-state index in [0.29, 0.717) is 17.2 Å². The Morgan fingerprint density at radius 3 is 2.41 bits per heavy atom. The molecule has 0 aliphatic heterocycles. The van der Waals surface area contributed by atoms with E-state index in [1.807, 2.05) is 49.6 Å². The molecule has 0 atom stereocenters. The molecule has 4 rings (SSSR count). The third-order valence-corrected chi connectivity index (χ3v) is 4.17. The number of rotatable bonds is 4. The third kappa shape index (κ3) is 3.59.